The van der Waals surface area contributed by atoms with Crippen LogP contribution in [0.2, 0.25) is 0 Å². The number of para-hydroxylation sites is 2. The van der Waals surface area contributed by atoms with E-state index in [0.29, 0.717) is 0 Å². The van der Waals surface area contributed by atoms with E-state index in [1.54, 1.807) is 0 Å². The number of amides is 2. The molecule has 0 bridgehead atoms. The van der Waals surface area contributed by atoms with Crippen LogP contribution in [-0.4, -0.2) is 16.0 Å². The van der Waals surface area contributed by atoms with Crippen molar-refractivity contribution in [3.63, 3.8) is 0 Å². The molecule has 1 aromatic heterocycles. The molecule has 6 heteroatoms. The first kappa shape index (κ1) is 17.9. The molecule has 0 unspecified atom stereocenters. The second-order valence-electron chi connectivity index (χ2n) is 6.81. The molecule has 5 nitrogen and oxygen atoms in total. The number of hydrogen-bond donors (Lipinski definition) is 3. The SMILES string of the molecule is O=C1NC(c2ccccc2)=C(c2nc3ccccc3[nH]2)[C@@H](c2ccccc2I)N1. The van der Waals surface area contributed by atoms with Gasteiger partial charge >= 0.3 is 6.03 Å². The van der Waals surface area contributed by atoms with Crippen molar-refractivity contribution in [1.82, 2.24) is 20.6 Å². The molecule has 3 aromatic carbocycles. The maximum absolute atomic E-state index is 12.6. The predicted molar refractivity (Wildman–Crippen MR) is 123 cm³/mol. The number of imidazole rings is 1. The molecule has 0 spiro atoms. The van der Waals surface area contributed by atoms with Crippen molar-refractivity contribution >= 4 is 50.9 Å². The number of carbonyl (C=O) groups is 1. The quantitative estimate of drug-likeness (QED) is 0.349. The van der Waals surface area contributed by atoms with Crippen LogP contribution in [0.4, 0.5) is 4.79 Å². The summed E-state index contributed by atoms with van der Waals surface area (Å²) in [7, 11) is 0. The Morgan fingerprint density at radius 1 is 0.862 bits per heavy atom. The van der Waals surface area contributed by atoms with Gasteiger partial charge in [0, 0.05) is 9.14 Å². The Morgan fingerprint density at radius 2 is 1.59 bits per heavy atom. The highest BCUT2D eigenvalue weighted by molar-refractivity contribution is 14.1. The van der Waals surface area contributed by atoms with E-state index in [0.717, 1.165) is 42.8 Å². The molecule has 1 aliphatic heterocycles. The first-order valence-electron chi connectivity index (χ1n) is 9.27. The highest BCUT2D eigenvalue weighted by Gasteiger charge is 2.32. The van der Waals surface area contributed by atoms with Gasteiger partial charge in [-0.25, -0.2) is 9.78 Å². The zero-order valence-electron chi connectivity index (χ0n) is 15.3. The minimum absolute atomic E-state index is 0.228. The summed E-state index contributed by atoms with van der Waals surface area (Å²) >= 11 is 2.31. The van der Waals surface area contributed by atoms with Gasteiger partial charge in [-0.2, -0.15) is 0 Å². The molecular formula is C23H17IN4O. The summed E-state index contributed by atoms with van der Waals surface area (Å²) in [5.74, 6) is 0.738. The molecule has 0 saturated carbocycles. The molecule has 2 amide bonds. The van der Waals surface area contributed by atoms with Gasteiger partial charge < -0.3 is 15.6 Å². The second-order valence-corrected chi connectivity index (χ2v) is 7.97. The number of aromatic amines is 1. The summed E-state index contributed by atoms with van der Waals surface area (Å²) in [5, 5.41) is 6.11. The lowest BCUT2D eigenvalue weighted by molar-refractivity contribution is 0.242. The fourth-order valence-electron chi connectivity index (χ4n) is 3.67. The van der Waals surface area contributed by atoms with Crippen molar-refractivity contribution < 1.29 is 4.79 Å². The minimum atomic E-state index is -0.326. The lowest BCUT2D eigenvalue weighted by Crippen LogP contribution is -2.43. The zero-order valence-corrected chi connectivity index (χ0v) is 17.5. The summed E-state index contributed by atoms with van der Waals surface area (Å²) in [6.07, 6.45) is 0. The molecule has 142 valence electrons. The van der Waals surface area contributed by atoms with E-state index < -0.39 is 0 Å². The first-order valence-corrected chi connectivity index (χ1v) is 10.4. The topological polar surface area (TPSA) is 69.8 Å². The number of carbonyl (C=O) groups excluding carboxylic acids is 1. The van der Waals surface area contributed by atoms with Gasteiger partial charge in [-0.05, 0) is 51.9 Å². The summed E-state index contributed by atoms with van der Waals surface area (Å²) in [4.78, 5) is 20.9. The van der Waals surface area contributed by atoms with Crippen molar-refractivity contribution in [3.05, 3.63) is 99.4 Å². The Labute approximate surface area is 181 Å². The Kier molecular flexibility index (Phi) is 4.55. The fraction of sp³-hybridized carbons (Fsp3) is 0.0435. The van der Waals surface area contributed by atoms with E-state index in [1.807, 2.05) is 78.9 Å². The Morgan fingerprint density at radius 3 is 2.38 bits per heavy atom. The van der Waals surface area contributed by atoms with Crippen molar-refractivity contribution in [2.45, 2.75) is 6.04 Å². The minimum Gasteiger partial charge on any atom is -0.338 e. The maximum Gasteiger partial charge on any atom is 0.320 e. The lowest BCUT2D eigenvalue weighted by atomic mass is 9.92. The van der Waals surface area contributed by atoms with Gasteiger partial charge in [0.2, 0.25) is 0 Å². The summed E-state index contributed by atoms with van der Waals surface area (Å²) in [6.45, 7) is 0. The first-order chi connectivity index (χ1) is 14.2. The standard InChI is InChI=1S/C23H17IN4O/c24-16-11-5-4-10-15(16)21-19(22-25-17-12-6-7-13-18(17)26-22)20(27-23(29)28-21)14-8-2-1-3-9-14/h1-13,21H,(H,25,26)(H2,27,28,29)/t21-/m1/s1. The maximum atomic E-state index is 12.6. The molecule has 5 rings (SSSR count). The number of aromatic nitrogens is 2. The number of H-pyrrole nitrogens is 1. The third-order valence-corrected chi connectivity index (χ3v) is 5.98. The molecule has 3 N–H and O–H groups in total. The number of urea groups is 1. The zero-order chi connectivity index (χ0) is 19.8. The molecule has 4 aromatic rings. The third kappa shape index (κ3) is 3.29. The number of nitrogens with one attached hydrogen (secondary N) is 3. The van der Waals surface area contributed by atoms with Gasteiger partial charge in [-0.15, -0.1) is 0 Å². The van der Waals surface area contributed by atoms with Crippen molar-refractivity contribution in [2.75, 3.05) is 0 Å². The van der Waals surface area contributed by atoms with Crippen LogP contribution in [0, 0.1) is 3.57 Å². The monoisotopic (exact) mass is 492 g/mol. The number of fused-ring (bicyclic) bond motifs is 1. The molecule has 0 saturated heterocycles. The van der Waals surface area contributed by atoms with E-state index in [4.69, 9.17) is 4.98 Å². The summed E-state index contributed by atoms with van der Waals surface area (Å²) in [6, 6.07) is 25.3. The van der Waals surface area contributed by atoms with Crippen molar-refractivity contribution in [3.8, 4) is 0 Å². The van der Waals surface area contributed by atoms with Crippen LogP contribution < -0.4 is 10.6 Å². The Hall–Kier alpha value is -3.13. The number of benzene rings is 3. The molecule has 0 radical (unpaired) electrons. The molecule has 29 heavy (non-hydrogen) atoms. The van der Waals surface area contributed by atoms with Crippen molar-refractivity contribution in [1.29, 1.82) is 0 Å². The molecule has 1 aliphatic rings. The molecular weight excluding hydrogens is 475 g/mol. The summed E-state index contributed by atoms with van der Waals surface area (Å²) in [5.41, 5.74) is 5.50. The van der Waals surface area contributed by atoms with Crippen LogP contribution in [0.1, 0.15) is 23.0 Å². The van der Waals surface area contributed by atoms with Gasteiger partial charge in [0.25, 0.3) is 0 Å². The van der Waals surface area contributed by atoms with E-state index >= 15 is 0 Å². The Bertz CT molecular complexity index is 1210. The van der Waals surface area contributed by atoms with Gasteiger partial charge in [-0.3, -0.25) is 0 Å². The van der Waals surface area contributed by atoms with E-state index in [1.165, 1.54) is 0 Å². The van der Waals surface area contributed by atoms with Gasteiger partial charge in [0.05, 0.1) is 22.8 Å². The highest BCUT2D eigenvalue weighted by Crippen LogP contribution is 2.38. The van der Waals surface area contributed by atoms with Crippen LogP contribution in [0.25, 0.3) is 22.3 Å². The average molecular weight is 492 g/mol. The van der Waals surface area contributed by atoms with E-state index in [-0.39, 0.29) is 12.1 Å². The second kappa shape index (κ2) is 7.36. The Balaban J connectivity index is 1.79. The summed E-state index contributed by atoms with van der Waals surface area (Å²) < 4.78 is 1.08. The number of halogens is 1. The normalized spacial score (nSPS) is 16.6. The molecule has 2 heterocycles. The van der Waals surface area contributed by atoms with Crippen LogP contribution in [0.15, 0.2) is 78.9 Å². The predicted octanol–water partition coefficient (Wildman–Crippen LogP) is 5.09. The lowest BCUT2D eigenvalue weighted by Gasteiger charge is -2.30. The smallest absolute Gasteiger partial charge is 0.320 e. The fourth-order valence-corrected chi connectivity index (χ4v) is 4.37. The van der Waals surface area contributed by atoms with Crippen LogP contribution in [-0.2, 0) is 0 Å². The average Bonchev–Trinajstić information content (AvgIpc) is 3.18. The van der Waals surface area contributed by atoms with Crippen LogP contribution >= 0.6 is 22.6 Å². The third-order valence-electron chi connectivity index (χ3n) is 5.00. The van der Waals surface area contributed by atoms with Gasteiger partial charge in [-0.1, -0.05) is 60.7 Å². The van der Waals surface area contributed by atoms with Gasteiger partial charge in [0.15, 0.2) is 0 Å². The van der Waals surface area contributed by atoms with Crippen LogP contribution in [0.3, 0.4) is 0 Å². The van der Waals surface area contributed by atoms with E-state index in [2.05, 4.69) is 38.2 Å². The number of hydrogen-bond acceptors (Lipinski definition) is 2. The molecule has 1 atom stereocenters. The number of nitrogens with zero attached hydrogens (tertiary/aromatic N) is 1. The van der Waals surface area contributed by atoms with Gasteiger partial charge in [0.1, 0.15) is 5.82 Å². The number of rotatable bonds is 3. The van der Waals surface area contributed by atoms with Crippen molar-refractivity contribution in [2.24, 2.45) is 0 Å². The molecule has 0 aliphatic carbocycles. The molecule has 0 fully saturated rings. The highest BCUT2D eigenvalue weighted by atomic mass is 127. The largest absolute Gasteiger partial charge is 0.338 e. The van der Waals surface area contributed by atoms with Crippen LogP contribution in [0.5, 0.6) is 0 Å². The van der Waals surface area contributed by atoms with E-state index in [9.17, 15) is 4.79 Å².